The van der Waals surface area contributed by atoms with Crippen LogP contribution in [0.4, 0.5) is 18.0 Å². The van der Waals surface area contributed by atoms with Crippen molar-refractivity contribution < 1.29 is 27.4 Å². The maximum atomic E-state index is 12.9. The Morgan fingerprint density at radius 3 is 2.62 bits per heavy atom. The smallest absolute Gasteiger partial charge is 0.406 e. The number of nitrogens with zero attached hydrogens (tertiary/aromatic N) is 3. The van der Waals surface area contributed by atoms with Crippen molar-refractivity contribution in [2.75, 3.05) is 26.2 Å². The Morgan fingerprint density at radius 2 is 2.03 bits per heavy atom. The van der Waals surface area contributed by atoms with E-state index in [1.165, 1.54) is 23.1 Å². The third-order valence-electron chi connectivity index (χ3n) is 5.84. The zero-order valence-corrected chi connectivity index (χ0v) is 19.3. The van der Waals surface area contributed by atoms with E-state index in [0.29, 0.717) is 29.9 Å². The zero-order chi connectivity index (χ0) is 23.0. The summed E-state index contributed by atoms with van der Waals surface area (Å²) >= 11 is 12.8. The van der Waals surface area contributed by atoms with E-state index in [-0.39, 0.29) is 27.5 Å². The van der Waals surface area contributed by atoms with Crippen molar-refractivity contribution in [1.82, 2.24) is 14.2 Å². The van der Waals surface area contributed by atoms with E-state index < -0.39 is 12.5 Å². The van der Waals surface area contributed by atoms with Gasteiger partial charge in [0.2, 0.25) is 0 Å². The summed E-state index contributed by atoms with van der Waals surface area (Å²) in [5, 5.41) is 0.0485. The molecule has 0 radical (unpaired) electrons. The van der Waals surface area contributed by atoms with Crippen LogP contribution in [0.25, 0.3) is 0 Å². The van der Waals surface area contributed by atoms with Gasteiger partial charge in [0.05, 0.1) is 0 Å². The number of halogens is 5. The molecule has 6 nitrogen and oxygen atoms in total. The molecule has 12 heteroatoms. The van der Waals surface area contributed by atoms with Crippen LogP contribution in [0.1, 0.15) is 12.5 Å². The number of carbonyl (C=O) groups excluding carboxylic acids is 1. The van der Waals surface area contributed by atoms with Gasteiger partial charge in [-0.1, -0.05) is 42.3 Å². The first kappa shape index (κ1) is 23.4. The largest absolute Gasteiger partial charge is 0.573 e. The molecule has 1 amide bonds. The molecule has 2 aromatic rings. The Bertz CT molecular complexity index is 978. The first-order valence-corrected chi connectivity index (χ1v) is 11.5. The van der Waals surface area contributed by atoms with Gasteiger partial charge < -0.3 is 19.3 Å². The molecule has 0 bridgehead atoms. The topological polar surface area (TPSA) is 54.9 Å². The number of fused-ring (bicyclic) bond motifs is 1. The minimum atomic E-state index is -4.80. The zero-order valence-electron chi connectivity index (χ0n) is 16.9. The van der Waals surface area contributed by atoms with E-state index in [1.54, 1.807) is 6.07 Å². The lowest BCUT2D eigenvalue weighted by Gasteiger charge is -2.24. The molecule has 1 saturated heterocycles. The summed E-state index contributed by atoms with van der Waals surface area (Å²) in [4.78, 5) is 16.8. The quantitative estimate of drug-likeness (QED) is 0.489. The van der Waals surface area contributed by atoms with Crippen LogP contribution in [0.2, 0.25) is 9.36 Å². The summed E-state index contributed by atoms with van der Waals surface area (Å²) in [6, 6.07) is 5.54. The molecule has 4 rings (SSSR count). The maximum absolute atomic E-state index is 12.9. The van der Waals surface area contributed by atoms with Crippen molar-refractivity contribution in [3.63, 3.8) is 0 Å². The third kappa shape index (κ3) is 5.41. The lowest BCUT2D eigenvalue weighted by atomic mass is 10.2. The van der Waals surface area contributed by atoms with Crippen molar-refractivity contribution in [2.45, 2.75) is 19.8 Å². The highest BCUT2D eigenvalue weighted by molar-refractivity contribution is 7.11. The number of amides is 1. The maximum Gasteiger partial charge on any atom is 0.573 e. The molecule has 1 saturated carbocycles. The fourth-order valence-electron chi connectivity index (χ4n) is 4.24. The minimum Gasteiger partial charge on any atom is -0.406 e. The molecule has 2 heterocycles. The van der Waals surface area contributed by atoms with Crippen LogP contribution >= 0.6 is 34.7 Å². The predicted octanol–water partition coefficient (Wildman–Crippen LogP) is 5.55. The second-order valence-electron chi connectivity index (χ2n) is 7.86. The van der Waals surface area contributed by atoms with Crippen LogP contribution in [0.15, 0.2) is 24.3 Å². The van der Waals surface area contributed by atoms with Gasteiger partial charge >= 0.3 is 12.5 Å². The molecule has 2 atom stereocenters. The van der Waals surface area contributed by atoms with Gasteiger partial charge in [-0.3, -0.25) is 0 Å². The van der Waals surface area contributed by atoms with Gasteiger partial charge in [0, 0.05) is 26.2 Å². The minimum absolute atomic E-state index is 0.0485. The molecule has 1 aromatic carbocycles. The van der Waals surface area contributed by atoms with Crippen molar-refractivity contribution in [1.29, 1.82) is 0 Å². The van der Waals surface area contributed by atoms with Crippen LogP contribution in [-0.2, 0) is 6.54 Å². The fraction of sp³-hybridized carbons (Fsp3) is 0.500. The summed E-state index contributed by atoms with van der Waals surface area (Å²) in [5.74, 6) is 0.887. The first-order valence-electron chi connectivity index (χ1n) is 9.99. The summed E-state index contributed by atoms with van der Waals surface area (Å²) in [7, 11) is 0. The number of hydrogen-bond donors (Lipinski definition) is 0. The number of rotatable bonds is 7. The second kappa shape index (κ2) is 9.24. The summed E-state index contributed by atoms with van der Waals surface area (Å²) < 4.78 is 51.2. The van der Waals surface area contributed by atoms with E-state index in [0.717, 1.165) is 31.2 Å². The van der Waals surface area contributed by atoms with Gasteiger partial charge in [0.15, 0.2) is 0 Å². The van der Waals surface area contributed by atoms with Gasteiger partial charge in [-0.25, -0.2) is 4.79 Å². The highest BCUT2D eigenvalue weighted by atomic mass is 35.5. The molecule has 0 spiro atoms. The van der Waals surface area contributed by atoms with Crippen LogP contribution in [-0.4, -0.2) is 52.8 Å². The van der Waals surface area contributed by atoms with Gasteiger partial charge in [0.25, 0.3) is 5.88 Å². The first-order chi connectivity index (χ1) is 15.1. The average molecular weight is 510 g/mol. The molecule has 1 aromatic heterocycles. The van der Waals surface area contributed by atoms with E-state index in [9.17, 15) is 18.0 Å². The Labute approximate surface area is 197 Å². The molecular weight excluding hydrogens is 490 g/mol. The molecule has 1 aliphatic heterocycles. The monoisotopic (exact) mass is 509 g/mol. The Balaban J connectivity index is 1.48. The number of aromatic nitrogens is 1. The third-order valence-corrected chi connectivity index (χ3v) is 7.42. The van der Waals surface area contributed by atoms with Crippen LogP contribution in [0.3, 0.4) is 0 Å². The van der Waals surface area contributed by atoms with Crippen molar-refractivity contribution in [3.8, 4) is 11.6 Å². The van der Waals surface area contributed by atoms with Gasteiger partial charge in [-0.2, -0.15) is 4.37 Å². The number of carbonyl (C=O) groups is 1. The highest BCUT2D eigenvalue weighted by Gasteiger charge is 2.55. The summed E-state index contributed by atoms with van der Waals surface area (Å²) in [5.41, 5.74) is 0.479. The number of alkyl halides is 3. The van der Waals surface area contributed by atoms with Crippen LogP contribution in [0.5, 0.6) is 11.6 Å². The van der Waals surface area contributed by atoms with Crippen molar-refractivity contribution in [3.05, 3.63) is 39.2 Å². The SMILES string of the molecule is CCN1CC2C(C1)C2CN(Cc1cccc(OC(F)(F)F)c1)C(=O)Oc1nsc(Cl)c1Cl. The van der Waals surface area contributed by atoms with E-state index in [4.69, 9.17) is 27.9 Å². The molecule has 2 fully saturated rings. The number of ether oxygens (including phenoxy) is 2. The average Bonchev–Trinajstić information content (AvgIpc) is 3.03. The van der Waals surface area contributed by atoms with E-state index in [1.807, 2.05) is 0 Å². The molecular formula is C20H20Cl2F3N3O3S. The fourth-order valence-corrected chi connectivity index (χ4v) is 5.12. The molecule has 32 heavy (non-hydrogen) atoms. The standard InChI is InChI=1S/C20H20Cl2F3N3O3S/c1-2-27-8-13-14(9-27)15(13)10-28(19(29)30-18-16(21)17(22)32-26-18)7-11-4-3-5-12(6-11)31-20(23,24)25/h3-6,13-15H,2,7-10H2,1H3. The number of likely N-dealkylation sites (tertiary alicyclic amines) is 1. The molecule has 0 N–H and O–H groups in total. The lowest BCUT2D eigenvalue weighted by molar-refractivity contribution is -0.274. The molecule has 174 valence electrons. The number of piperidine rings is 1. The van der Waals surface area contributed by atoms with Crippen LogP contribution < -0.4 is 9.47 Å². The Hall–Kier alpha value is -1.75. The predicted molar refractivity (Wildman–Crippen MR) is 114 cm³/mol. The number of hydrogen-bond acceptors (Lipinski definition) is 6. The van der Waals surface area contributed by atoms with Gasteiger partial charge in [-0.15, -0.1) is 13.2 Å². The second-order valence-corrected chi connectivity index (χ2v) is 9.62. The lowest BCUT2D eigenvalue weighted by Crippen LogP contribution is -2.37. The summed E-state index contributed by atoms with van der Waals surface area (Å²) in [6.45, 7) is 5.54. The van der Waals surface area contributed by atoms with E-state index in [2.05, 4.69) is 20.9 Å². The molecule has 2 aliphatic rings. The molecule has 1 aliphatic carbocycles. The van der Waals surface area contributed by atoms with Gasteiger partial charge in [-0.05, 0) is 53.5 Å². The highest BCUT2D eigenvalue weighted by Crippen LogP contribution is 2.52. The Kier molecular flexibility index (Phi) is 6.76. The normalized spacial score (nSPS) is 22.5. The van der Waals surface area contributed by atoms with Gasteiger partial charge in [0.1, 0.15) is 15.1 Å². The van der Waals surface area contributed by atoms with Crippen molar-refractivity contribution >= 4 is 40.8 Å². The van der Waals surface area contributed by atoms with Crippen LogP contribution in [0, 0.1) is 17.8 Å². The summed E-state index contributed by atoms with van der Waals surface area (Å²) in [6.07, 6.45) is -5.48. The number of benzene rings is 1. The molecule has 2 unspecified atom stereocenters. The van der Waals surface area contributed by atoms with Crippen molar-refractivity contribution in [2.24, 2.45) is 17.8 Å². The van der Waals surface area contributed by atoms with E-state index >= 15 is 0 Å². The Morgan fingerprint density at radius 1 is 1.31 bits per heavy atom.